The lowest BCUT2D eigenvalue weighted by molar-refractivity contribution is 0.412. The maximum Gasteiger partial charge on any atom is 0.219 e. The van der Waals surface area contributed by atoms with Crippen molar-refractivity contribution >= 4 is 0 Å². The number of nitrogens with zero attached hydrogens (tertiary/aromatic N) is 4. The van der Waals surface area contributed by atoms with Crippen molar-refractivity contribution in [1.29, 1.82) is 0 Å². The van der Waals surface area contributed by atoms with E-state index in [0.717, 1.165) is 0 Å². The first-order valence-electron chi connectivity index (χ1n) is 5.85. The van der Waals surface area contributed by atoms with Crippen molar-refractivity contribution in [1.82, 2.24) is 25.1 Å². The SMILES string of the molecule is COc1ccc(O)c(-c2nc(-c3ncccn3)n[nH]2)c1. The van der Waals surface area contributed by atoms with Gasteiger partial charge in [-0.25, -0.2) is 15.0 Å². The minimum atomic E-state index is 0.0856. The van der Waals surface area contributed by atoms with Crippen LogP contribution in [0.1, 0.15) is 0 Å². The van der Waals surface area contributed by atoms with Crippen molar-refractivity contribution in [2.75, 3.05) is 7.11 Å². The van der Waals surface area contributed by atoms with Gasteiger partial charge in [-0.05, 0) is 24.3 Å². The van der Waals surface area contributed by atoms with E-state index >= 15 is 0 Å². The summed E-state index contributed by atoms with van der Waals surface area (Å²) in [6, 6.07) is 6.59. The Kier molecular flexibility index (Phi) is 3.00. The molecule has 0 saturated carbocycles. The molecule has 0 fully saturated rings. The van der Waals surface area contributed by atoms with Crippen molar-refractivity contribution in [3.63, 3.8) is 0 Å². The van der Waals surface area contributed by atoms with E-state index in [1.54, 1.807) is 37.7 Å². The molecule has 7 heteroatoms. The third-order valence-electron chi connectivity index (χ3n) is 2.71. The molecule has 2 heterocycles. The van der Waals surface area contributed by atoms with Crippen molar-refractivity contribution in [2.45, 2.75) is 0 Å². The second-order valence-corrected chi connectivity index (χ2v) is 3.96. The molecule has 0 aliphatic rings. The number of nitrogens with one attached hydrogen (secondary N) is 1. The Labute approximate surface area is 114 Å². The first-order valence-corrected chi connectivity index (χ1v) is 5.85. The van der Waals surface area contributed by atoms with Crippen LogP contribution in [0.2, 0.25) is 0 Å². The third kappa shape index (κ3) is 2.16. The van der Waals surface area contributed by atoms with Gasteiger partial charge in [0.1, 0.15) is 11.5 Å². The van der Waals surface area contributed by atoms with Crippen LogP contribution in [0.4, 0.5) is 0 Å². The summed E-state index contributed by atoms with van der Waals surface area (Å²) < 4.78 is 5.12. The lowest BCUT2D eigenvalue weighted by atomic mass is 10.2. The summed E-state index contributed by atoms with van der Waals surface area (Å²) in [5.41, 5.74) is 0.499. The van der Waals surface area contributed by atoms with Crippen LogP contribution in [0.25, 0.3) is 23.0 Å². The lowest BCUT2D eigenvalue weighted by Crippen LogP contribution is -1.89. The fraction of sp³-hybridized carbons (Fsp3) is 0.0769. The highest BCUT2D eigenvalue weighted by Gasteiger charge is 2.13. The van der Waals surface area contributed by atoms with Gasteiger partial charge in [0.2, 0.25) is 5.82 Å². The third-order valence-corrected chi connectivity index (χ3v) is 2.71. The predicted molar refractivity (Wildman–Crippen MR) is 71.1 cm³/mol. The molecular formula is C13H11N5O2. The minimum absolute atomic E-state index is 0.0856. The second-order valence-electron chi connectivity index (χ2n) is 3.96. The Bertz CT molecular complexity index is 727. The van der Waals surface area contributed by atoms with Gasteiger partial charge >= 0.3 is 0 Å². The van der Waals surface area contributed by atoms with Crippen LogP contribution >= 0.6 is 0 Å². The summed E-state index contributed by atoms with van der Waals surface area (Å²) in [4.78, 5) is 12.4. The van der Waals surface area contributed by atoms with Crippen molar-refractivity contribution in [2.24, 2.45) is 0 Å². The molecular weight excluding hydrogens is 258 g/mol. The van der Waals surface area contributed by atoms with Crippen LogP contribution < -0.4 is 4.74 Å². The maximum absolute atomic E-state index is 9.89. The molecule has 0 aliphatic heterocycles. The number of aromatic hydroxyl groups is 1. The zero-order valence-electron chi connectivity index (χ0n) is 10.6. The van der Waals surface area contributed by atoms with Gasteiger partial charge in [0, 0.05) is 12.4 Å². The van der Waals surface area contributed by atoms with Crippen molar-refractivity contribution < 1.29 is 9.84 Å². The molecule has 1 aromatic carbocycles. The Balaban J connectivity index is 2.02. The van der Waals surface area contributed by atoms with E-state index in [1.807, 2.05) is 0 Å². The van der Waals surface area contributed by atoms with E-state index in [1.165, 1.54) is 6.07 Å². The van der Waals surface area contributed by atoms with E-state index in [4.69, 9.17) is 4.74 Å². The van der Waals surface area contributed by atoms with Crippen LogP contribution in [-0.4, -0.2) is 37.4 Å². The standard InChI is InChI=1S/C13H11N5O2/c1-20-8-3-4-10(19)9(7-8)11-16-13(18-17-11)12-14-5-2-6-15-12/h2-7,19H,1H3,(H,16,17,18). The first-order chi connectivity index (χ1) is 9.78. The van der Waals surface area contributed by atoms with E-state index in [9.17, 15) is 5.11 Å². The molecule has 0 aliphatic carbocycles. The quantitative estimate of drug-likeness (QED) is 0.750. The number of aromatic amines is 1. The highest BCUT2D eigenvalue weighted by molar-refractivity contribution is 5.66. The summed E-state index contributed by atoms with van der Waals surface area (Å²) in [6.07, 6.45) is 3.22. The lowest BCUT2D eigenvalue weighted by Gasteiger charge is -2.04. The molecule has 3 aromatic rings. The zero-order valence-corrected chi connectivity index (χ0v) is 10.6. The molecule has 2 aromatic heterocycles. The second kappa shape index (κ2) is 4.96. The van der Waals surface area contributed by atoms with Crippen LogP contribution in [0.15, 0.2) is 36.7 Å². The first kappa shape index (κ1) is 12.1. The Morgan fingerprint density at radius 3 is 2.70 bits per heavy atom. The average Bonchev–Trinajstić information content (AvgIpc) is 2.98. The summed E-state index contributed by atoms with van der Waals surface area (Å²) in [5, 5.41) is 16.7. The molecule has 0 bridgehead atoms. The van der Waals surface area contributed by atoms with Gasteiger partial charge in [0.15, 0.2) is 11.6 Å². The number of ether oxygens (including phenoxy) is 1. The summed E-state index contributed by atoms with van der Waals surface area (Å²) in [6.45, 7) is 0. The van der Waals surface area contributed by atoms with Gasteiger partial charge in [-0.1, -0.05) is 0 Å². The molecule has 2 N–H and O–H groups in total. The zero-order chi connectivity index (χ0) is 13.9. The Hall–Kier alpha value is -2.96. The van der Waals surface area contributed by atoms with Crippen LogP contribution in [0.3, 0.4) is 0 Å². The van der Waals surface area contributed by atoms with Gasteiger partial charge in [-0.15, -0.1) is 5.10 Å². The average molecular weight is 269 g/mol. The monoisotopic (exact) mass is 269 g/mol. The molecule has 0 saturated heterocycles. The van der Waals surface area contributed by atoms with Crippen molar-refractivity contribution in [3.05, 3.63) is 36.7 Å². The number of phenols is 1. The number of aromatic nitrogens is 5. The number of methoxy groups -OCH3 is 1. The molecule has 100 valence electrons. The molecule has 0 amide bonds. The van der Waals surface area contributed by atoms with Crippen LogP contribution in [-0.2, 0) is 0 Å². The molecule has 0 unspecified atom stereocenters. The smallest absolute Gasteiger partial charge is 0.219 e. The van der Waals surface area contributed by atoms with Gasteiger partial charge in [0.25, 0.3) is 0 Å². The van der Waals surface area contributed by atoms with Gasteiger partial charge in [0.05, 0.1) is 12.7 Å². The molecule has 7 nitrogen and oxygen atoms in total. The maximum atomic E-state index is 9.89. The predicted octanol–water partition coefficient (Wildman–Crippen LogP) is 1.64. The minimum Gasteiger partial charge on any atom is -0.507 e. The Morgan fingerprint density at radius 1 is 1.15 bits per heavy atom. The topological polar surface area (TPSA) is 96.8 Å². The normalized spacial score (nSPS) is 10.4. The van der Waals surface area contributed by atoms with E-state index in [0.29, 0.717) is 28.8 Å². The molecule has 0 radical (unpaired) electrons. The van der Waals surface area contributed by atoms with E-state index in [2.05, 4.69) is 25.1 Å². The van der Waals surface area contributed by atoms with Gasteiger partial charge in [-0.2, -0.15) is 0 Å². The fourth-order valence-electron chi connectivity index (χ4n) is 1.73. The highest BCUT2D eigenvalue weighted by Crippen LogP contribution is 2.30. The number of rotatable bonds is 3. The number of H-pyrrole nitrogens is 1. The van der Waals surface area contributed by atoms with E-state index in [-0.39, 0.29) is 5.75 Å². The summed E-state index contributed by atoms with van der Waals surface area (Å²) >= 11 is 0. The number of benzene rings is 1. The molecule has 0 spiro atoms. The largest absolute Gasteiger partial charge is 0.507 e. The number of hydrogen-bond donors (Lipinski definition) is 2. The van der Waals surface area contributed by atoms with Crippen LogP contribution in [0.5, 0.6) is 11.5 Å². The summed E-state index contributed by atoms with van der Waals surface area (Å²) in [5.74, 6) is 1.90. The van der Waals surface area contributed by atoms with Crippen LogP contribution in [0, 0.1) is 0 Å². The summed E-state index contributed by atoms with van der Waals surface area (Å²) in [7, 11) is 1.56. The number of phenolic OH excluding ortho intramolecular Hbond substituents is 1. The van der Waals surface area contributed by atoms with Gasteiger partial charge < -0.3 is 9.84 Å². The number of hydrogen-bond acceptors (Lipinski definition) is 6. The molecule has 0 atom stereocenters. The van der Waals surface area contributed by atoms with Crippen molar-refractivity contribution in [3.8, 4) is 34.5 Å². The van der Waals surface area contributed by atoms with Gasteiger partial charge in [-0.3, -0.25) is 5.10 Å². The Morgan fingerprint density at radius 2 is 1.95 bits per heavy atom. The highest BCUT2D eigenvalue weighted by atomic mass is 16.5. The molecule has 3 rings (SSSR count). The fourth-order valence-corrected chi connectivity index (χ4v) is 1.73. The van der Waals surface area contributed by atoms with E-state index < -0.39 is 0 Å². The molecule has 20 heavy (non-hydrogen) atoms.